The van der Waals surface area contributed by atoms with Crippen molar-refractivity contribution in [3.63, 3.8) is 0 Å². The molecular formula is C13H13N2O+. The lowest BCUT2D eigenvalue weighted by atomic mass is 10.2. The lowest BCUT2D eigenvalue weighted by Gasteiger charge is -1.99. The Morgan fingerprint density at radius 1 is 1.31 bits per heavy atom. The zero-order valence-corrected chi connectivity index (χ0v) is 9.13. The van der Waals surface area contributed by atoms with E-state index in [1.54, 1.807) is 24.5 Å². The van der Waals surface area contributed by atoms with Crippen molar-refractivity contribution in [1.29, 1.82) is 0 Å². The summed E-state index contributed by atoms with van der Waals surface area (Å²) in [5, 5.41) is 0. The van der Waals surface area contributed by atoms with Gasteiger partial charge in [0.1, 0.15) is 0 Å². The van der Waals surface area contributed by atoms with Gasteiger partial charge < -0.3 is 0 Å². The Kier molecular flexibility index (Phi) is 3.05. The van der Waals surface area contributed by atoms with Crippen molar-refractivity contribution in [2.45, 2.75) is 13.5 Å². The molecule has 3 heteroatoms. The Morgan fingerprint density at radius 3 is 2.88 bits per heavy atom. The van der Waals surface area contributed by atoms with Crippen LogP contribution in [0.25, 0.3) is 0 Å². The Balaban J connectivity index is 2.18. The number of rotatable bonds is 3. The van der Waals surface area contributed by atoms with Crippen LogP contribution in [-0.2, 0) is 6.54 Å². The molecule has 2 aromatic rings. The predicted molar refractivity (Wildman–Crippen MR) is 59.9 cm³/mol. The van der Waals surface area contributed by atoms with E-state index in [1.807, 2.05) is 35.9 Å². The molecule has 0 aliphatic rings. The number of aromatic nitrogens is 2. The third-order valence-corrected chi connectivity index (χ3v) is 2.47. The summed E-state index contributed by atoms with van der Waals surface area (Å²) in [5.41, 5.74) is 1.72. The first-order valence-corrected chi connectivity index (χ1v) is 5.15. The van der Waals surface area contributed by atoms with E-state index in [9.17, 15) is 4.79 Å². The Labute approximate surface area is 94.4 Å². The standard InChI is InChI=1S/C13H13N2O/c1-11-5-2-3-8-15(11)10-13(16)12-6-4-7-14-9-12/h2-9H,10H2,1H3/q+1. The number of carbonyl (C=O) groups is 1. The van der Waals surface area contributed by atoms with Crippen LogP contribution in [-0.4, -0.2) is 10.8 Å². The van der Waals surface area contributed by atoms with Gasteiger partial charge in [0, 0.05) is 37.0 Å². The summed E-state index contributed by atoms with van der Waals surface area (Å²) in [4.78, 5) is 15.8. The molecule has 0 saturated carbocycles. The summed E-state index contributed by atoms with van der Waals surface area (Å²) >= 11 is 0. The first kappa shape index (κ1) is 10.5. The quantitative estimate of drug-likeness (QED) is 0.572. The number of nitrogens with zero attached hydrogens (tertiary/aromatic N) is 2. The molecule has 0 N–H and O–H groups in total. The largest absolute Gasteiger partial charge is 0.287 e. The predicted octanol–water partition coefficient (Wildman–Crippen LogP) is 1.56. The van der Waals surface area contributed by atoms with Crippen molar-refractivity contribution in [2.24, 2.45) is 0 Å². The van der Waals surface area contributed by atoms with Gasteiger partial charge in [-0.15, -0.1) is 0 Å². The highest BCUT2D eigenvalue weighted by atomic mass is 16.1. The van der Waals surface area contributed by atoms with Gasteiger partial charge in [0.2, 0.25) is 12.3 Å². The average Bonchev–Trinajstić information content (AvgIpc) is 2.33. The fourth-order valence-corrected chi connectivity index (χ4v) is 1.51. The van der Waals surface area contributed by atoms with Crippen LogP contribution >= 0.6 is 0 Å². The van der Waals surface area contributed by atoms with Crippen LogP contribution in [0.3, 0.4) is 0 Å². The maximum atomic E-state index is 11.9. The monoisotopic (exact) mass is 213 g/mol. The molecule has 80 valence electrons. The van der Waals surface area contributed by atoms with E-state index >= 15 is 0 Å². The van der Waals surface area contributed by atoms with E-state index in [4.69, 9.17) is 0 Å². The number of Topliss-reactive ketones (excluding diaryl/α,β-unsaturated/α-hetero) is 1. The summed E-state index contributed by atoms with van der Waals surface area (Å²) in [6.45, 7) is 2.34. The number of pyridine rings is 2. The van der Waals surface area contributed by atoms with Crippen LogP contribution in [0.15, 0.2) is 48.9 Å². The fourth-order valence-electron chi connectivity index (χ4n) is 1.51. The van der Waals surface area contributed by atoms with Crippen LogP contribution in [0.4, 0.5) is 0 Å². The second-order valence-corrected chi connectivity index (χ2v) is 3.63. The summed E-state index contributed by atoms with van der Waals surface area (Å²) in [7, 11) is 0. The van der Waals surface area contributed by atoms with Crippen LogP contribution in [0.5, 0.6) is 0 Å². The molecule has 3 nitrogen and oxygen atoms in total. The molecule has 0 unspecified atom stereocenters. The highest BCUT2D eigenvalue weighted by molar-refractivity contribution is 5.94. The lowest BCUT2D eigenvalue weighted by Crippen LogP contribution is -2.40. The molecule has 0 aliphatic carbocycles. The van der Waals surface area contributed by atoms with Crippen molar-refractivity contribution in [2.75, 3.05) is 0 Å². The highest BCUT2D eigenvalue weighted by Gasteiger charge is 2.13. The highest BCUT2D eigenvalue weighted by Crippen LogP contribution is 1.98. The molecule has 0 aromatic carbocycles. The minimum absolute atomic E-state index is 0.0763. The number of hydrogen-bond donors (Lipinski definition) is 0. The average molecular weight is 213 g/mol. The summed E-state index contributed by atoms with van der Waals surface area (Å²) in [5.74, 6) is 0.0763. The molecular weight excluding hydrogens is 200 g/mol. The van der Waals surface area contributed by atoms with E-state index < -0.39 is 0 Å². The van der Waals surface area contributed by atoms with E-state index in [1.165, 1.54) is 0 Å². The molecule has 0 saturated heterocycles. The topological polar surface area (TPSA) is 33.8 Å². The zero-order chi connectivity index (χ0) is 11.4. The van der Waals surface area contributed by atoms with Crippen molar-refractivity contribution in [3.8, 4) is 0 Å². The third-order valence-electron chi connectivity index (χ3n) is 2.47. The summed E-state index contributed by atoms with van der Waals surface area (Å²) < 4.78 is 1.93. The van der Waals surface area contributed by atoms with E-state index in [0.29, 0.717) is 12.1 Å². The smallest absolute Gasteiger partial charge is 0.229 e. The van der Waals surface area contributed by atoms with E-state index in [0.717, 1.165) is 5.69 Å². The number of aryl methyl sites for hydroxylation is 1. The van der Waals surface area contributed by atoms with Gasteiger partial charge in [0.05, 0.1) is 0 Å². The first-order chi connectivity index (χ1) is 7.77. The molecule has 2 rings (SSSR count). The molecule has 16 heavy (non-hydrogen) atoms. The Bertz CT molecular complexity index is 494. The number of hydrogen-bond acceptors (Lipinski definition) is 2. The van der Waals surface area contributed by atoms with Gasteiger partial charge in [-0.1, -0.05) is 6.07 Å². The molecule has 0 atom stereocenters. The summed E-state index contributed by atoms with van der Waals surface area (Å²) in [6, 6.07) is 9.42. The molecule has 0 amide bonds. The van der Waals surface area contributed by atoms with Gasteiger partial charge in [-0.2, -0.15) is 4.57 Å². The van der Waals surface area contributed by atoms with E-state index in [2.05, 4.69) is 4.98 Å². The summed E-state index contributed by atoms with van der Waals surface area (Å²) in [6.07, 6.45) is 5.17. The molecule has 0 aliphatic heterocycles. The molecule has 0 bridgehead atoms. The molecule has 2 aromatic heterocycles. The fraction of sp³-hybridized carbons (Fsp3) is 0.154. The lowest BCUT2D eigenvalue weighted by molar-refractivity contribution is -0.689. The second-order valence-electron chi connectivity index (χ2n) is 3.63. The first-order valence-electron chi connectivity index (χ1n) is 5.15. The number of carbonyl (C=O) groups excluding carboxylic acids is 1. The SMILES string of the molecule is Cc1cccc[n+]1CC(=O)c1cccnc1. The van der Waals surface area contributed by atoms with Crippen molar-refractivity contribution >= 4 is 5.78 Å². The van der Waals surface area contributed by atoms with Crippen molar-refractivity contribution in [1.82, 2.24) is 4.98 Å². The second kappa shape index (κ2) is 4.66. The van der Waals surface area contributed by atoms with Crippen molar-refractivity contribution < 1.29 is 9.36 Å². The third kappa shape index (κ3) is 2.31. The minimum atomic E-state index is 0.0763. The number of ketones is 1. The van der Waals surface area contributed by atoms with Gasteiger partial charge in [-0.3, -0.25) is 9.78 Å². The van der Waals surface area contributed by atoms with Crippen LogP contribution in [0, 0.1) is 6.92 Å². The maximum absolute atomic E-state index is 11.9. The van der Waals surface area contributed by atoms with Gasteiger partial charge >= 0.3 is 0 Å². The van der Waals surface area contributed by atoms with Gasteiger partial charge in [0.15, 0.2) is 11.9 Å². The van der Waals surface area contributed by atoms with Crippen LogP contribution in [0.2, 0.25) is 0 Å². The van der Waals surface area contributed by atoms with Gasteiger partial charge in [-0.25, -0.2) is 0 Å². The molecule has 0 fully saturated rings. The van der Waals surface area contributed by atoms with Crippen LogP contribution < -0.4 is 4.57 Å². The Hall–Kier alpha value is -2.03. The van der Waals surface area contributed by atoms with Crippen molar-refractivity contribution in [3.05, 3.63) is 60.2 Å². The molecule has 0 radical (unpaired) electrons. The maximum Gasteiger partial charge on any atom is 0.229 e. The molecule has 0 spiro atoms. The molecule has 2 heterocycles. The van der Waals surface area contributed by atoms with Gasteiger partial charge in [-0.05, 0) is 12.1 Å². The van der Waals surface area contributed by atoms with Crippen LogP contribution in [0.1, 0.15) is 16.1 Å². The van der Waals surface area contributed by atoms with E-state index in [-0.39, 0.29) is 5.78 Å². The Morgan fingerprint density at radius 2 is 2.19 bits per heavy atom. The normalized spacial score (nSPS) is 10.1. The minimum Gasteiger partial charge on any atom is -0.287 e. The van der Waals surface area contributed by atoms with Gasteiger partial charge in [0.25, 0.3) is 0 Å². The zero-order valence-electron chi connectivity index (χ0n) is 9.13.